The summed E-state index contributed by atoms with van der Waals surface area (Å²) in [6.07, 6.45) is -0.308. The third kappa shape index (κ3) is 3.23. The molecule has 1 aliphatic rings. The lowest BCUT2D eigenvalue weighted by molar-refractivity contribution is 0.0219. The second kappa shape index (κ2) is 4.91. The zero-order valence-electron chi connectivity index (χ0n) is 8.48. The summed E-state index contributed by atoms with van der Waals surface area (Å²) < 4.78 is 0. The number of hydrogen-bond acceptors (Lipinski definition) is 4. The lowest BCUT2D eigenvalue weighted by Gasteiger charge is -2.39. The molecule has 1 aliphatic heterocycles. The van der Waals surface area contributed by atoms with Crippen LogP contribution in [0.15, 0.2) is 0 Å². The molecule has 4 heteroatoms. The third-order valence-corrected chi connectivity index (χ3v) is 2.52. The summed E-state index contributed by atoms with van der Waals surface area (Å²) in [5, 5.41) is 18.4. The molecular weight excluding hydrogens is 168 g/mol. The highest BCUT2D eigenvalue weighted by molar-refractivity contribution is 4.80. The number of likely N-dealkylation sites (N-methyl/N-ethyl adjacent to an activating group) is 1. The Morgan fingerprint density at radius 2 is 2.15 bits per heavy atom. The van der Waals surface area contributed by atoms with Crippen LogP contribution in [-0.2, 0) is 0 Å². The molecule has 0 spiro atoms. The first-order valence-corrected chi connectivity index (χ1v) is 4.85. The zero-order valence-corrected chi connectivity index (χ0v) is 8.48. The van der Waals surface area contributed by atoms with Crippen molar-refractivity contribution in [3.63, 3.8) is 0 Å². The molecular formula is C9H20N2O2. The lowest BCUT2D eigenvalue weighted by Crippen LogP contribution is -2.54. The van der Waals surface area contributed by atoms with Gasteiger partial charge in [-0.25, -0.2) is 0 Å². The van der Waals surface area contributed by atoms with Gasteiger partial charge in [0.1, 0.15) is 0 Å². The molecule has 4 nitrogen and oxygen atoms in total. The molecule has 0 aliphatic carbocycles. The fourth-order valence-corrected chi connectivity index (χ4v) is 1.80. The van der Waals surface area contributed by atoms with Crippen molar-refractivity contribution >= 4 is 0 Å². The topological polar surface area (TPSA) is 46.9 Å². The van der Waals surface area contributed by atoms with Gasteiger partial charge in [-0.3, -0.25) is 4.90 Å². The summed E-state index contributed by atoms with van der Waals surface area (Å²) in [7, 11) is 2.06. The molecule has 2 atom stereocenters. The van der Waals surface area contributed by atoms with Gasteiger partial charge < -0.3 is 15.1 Å². The van der Waals surface area contributed by atoms with E-state index in [0.29, 0.717) is 6.54 Å². The normalized spacial score (nSPS) is 29.1. The van der Waals surface area contributed by atoms with Crippen LogP contribution < -0.4 is 0 Å². The van der Waals surface area contributed by atoms with Gasteiger partial charge in [-0.1, -0.05) is 0 Å². The Labute approximate surface area is 79.8 Å². The van der Waals surface area contributed by atoms with Gasteiger partial charge in [0, 0.05) is 32.2 Å². The molecule has 2 N–H and O–H groups in total. The van der Waals surface area contributed by atoms with Crippen LogP contribution in [0.1, 0.15) is 6.92 Å². The molecule has 0 saturated carbocycles. The second-order valence-corrected chi connectivity index (χ2v) is 3.94. The molecule has 1 saturated heterocycles. The summed E-state index contributed by atoms with van der Waals surface area (Å²) in [4.78, 5) is 4.37. The van der Waals surface area contributed by atoms with Crippen LogP contribution in [0.4, 0.5) is 0 Å². The molecule has 2 unspecified atom stereocenters. The van der Waals surface area contributed by atoms with E-state index in [9.17, 15) is 5.11 Å². The molecule has 1 rings (SSSR count). The SMILES string of the molecule is CC(O)CN1CCN(C)CC1CO. The van der Waals surface area contributed by atoms with Gasteiger partial charge >= 0.3 is 0 Å². The van der Waals surface area contributed by atoms with Gasteiger partial charge in [-0.2, -0.15) is 0 Å². The summed E-state index contributed by atoms with van der Waals surface area (Å²) in [5.41, 5.74) is 0. The fraction of sp³-hybridized carbons (Fsp3) is 1.00. The fourth-order valence-electron chi connectivity index (χ4n) is 1.80. The Hall–Kier alpha value is -0.160. The molecule has 0 bridgehead atoms. The molecule has 1 heterocycles. The van der Waals surface area contributed by atoms with Crippen molar-refractivity contribution < 1.29 is 10.2 Å². The quantitative estimate of drug-likeness (QED) is 0.595. The lowest BCUT2D eigenvalue weighted by atomic mass is 10.1. The van der Waals surface area contributed by atoms with E-state index in [0.717, 1.165) is 19.6 Å². The van der Waals surface area contributed by atoms with Crippen LogP contribution in [0.5, 0.6) is 0 Å². The molecule has 0 aromatic heterocycles. The van der Waals surface area contributed by atoms with Crippen LogP contribution in [-0.4, -0.2) is 72.0 Å². The zero-order chi connectivity index (χ0) is 9.84. The minimum absolute atomic E-state index is 0.178. The van der Waals surface area contributed by atoms with Crippen LogP contribution in [0.2, 0.25) is 0 Å². The number of hydrogen-bond donors (Lipinski definition) is 2. The van der Waals surface area contributed by atoms with E-state index in [4.69, 9.17) is 5.11 Å². The van der Waals surface area contributed by atoms with Crippen molar-refractivity contribution in [3.05, 3.63) is 0 Å². The summed E-state index contributed by atoms with van der Waals surface area (Å²) in [6, 6.07) is 0.188. The molecule has 0 aromatic carbocycles. The van der Waals surface area contributed by atoms with E-state index >= 15 is 0 Å². The van der Waals surface area contributed by atoms with Crippen LogP contribution >= 0.6 is 0 Å². The molecule has 0 aromatic rings. The number of β-amino-alcohol motifs (C(OH)–C–C–N with tert-alkyl or cyclic N) is 1. The Bertz CT molecular complexity index is 153. The van der Waals surface area contributed by atoms with Crippen molar-refractivity contribution in [3.8, 4) is 0 Å². The maximum absolute atomic E-state index is 9.25. The largest absolute Gasteiger partial charge is 0.395 e. The van der Waals surface area contributed by atoms with Crippen LogP contribution in [0.3, 0.4) is 0 Å². The van der Waals surface area contributed by atoms with E-state index < -0.39 is 0 Å². The number of aliphatic hydroxyl groups is 2. The minimum Gasteiger partial charge on any atom is -0.395 e. The number of piperazine rings is 1. The van der Waals surface area contributed by atoms with Crippen molar-refractivity contribution in [2.45, 2.75) is 19.1 Å². The molecule has 0 radical (unpaired) electrons. The molecule has 1 fully saturated rings. The van der Waals surface area contributed by atoms with Gasteiger partial charge in [0.2, 0.25) is 0 Å². The predicted molar refractivity (Wildman–Crippen MR) is 51.6 cm³/mol. The van der Waals surface area contributed by atoms with Crippen molar-refractivity contribution in [1.29, 1.82) is 0 Å². The maximum atomic E-state index is 9.25. The van der Waals surface area contributed by atoms with E-state index in [1.807, 2.05) is 0 Å². The van der Waals surface area contributed by atoms with Gasteiger partial charge in [0.05, 0.1) is 12.7 Å². The van der Waals surface area contributed by atoms with Gasteiger partial charge in [-0.15, -0.1) is 0 Å². The summed E-state index contributed by atoms with van der Waals surface area (Å²) >= 11 is 0. The van der Waals surface area contributed by atoms with Crippen molar-refractivity contribution in [2.75, 3.05) is 39.8 Å². The first-order valence-electron chi connectivity index (χ1n) is 4.85. The maximum Gasteiger partial charge on any atom is 0.0639 e. The van der Waals surface area contributed by atoms with Gasteiger partial charge in [-0.05, 0) is 14.0 Å². The highest BCUT2D eigenvalue weighted by Crippen LogP contribution is 2.08. The Kier molecular flexibility index (Phi) is 4.12. The van der Waals surface area contributed by atoms with E-state index in [-0.39, 0.29) is 18.8 Å². The first-order chi connectivity index (χ1) is 6.13. The highest BCUT2D eigenvalue weighted by Gasteiger charge is 2.24. The average molecular weight is 188 g/mol. The monoisotopic (exact) mass is 188 g/mol. The van der Waals surface area contributed by atoms with Gasteiger partial charge in [0.25, 0.3) is 0 Å². The van der Waals surface area contributed by atoms with E-state index in [1.165, 1.54) is 0 Å². The van der Waals surface area contributed by atoms with E-state index in [1.54, 1.807) is 6.92 Å². The number of rotatable bonds is 3. The van der Waals surface area contributed by atoms with Crippen molar-refractivity contribution in [2.24, 2.45) is 0 Å². The van der Waals surface area contributed by atoms with Crippen LogP contribution in [0, 0.1) is 0 Å². The predicted octanol–water partition coefficient (Wildman–Crippen LogP) is -1.02. The first kappa shape index (κ1) is 10.9. The second-order valence-electron chi connectivity index (χ2n) is 3.94. The minimum atomic E-state index is -0.308. The van der Waals surface area contributed by atoms with E-state index in [2.05, 4.69) is 16.8 Å². The Balaban J connectivity index is 2.42. The summed E-state index contributed by atoms with van der Waals surface area (Å²) in [5.74, 6) is 0. The average Bonchev–Trinajstić information content (AvgIpc) is 2.07. The summed E-state index contributed by atoms with van der Waals surface area (Å²) in [6.45, 7) is 5.47. The number of aliphatic hydroxyl groups excluding tert-OH is 2. The highest BCUT2D eigenvalue weighted by atomic mass is 16.3. The smallest absolute Gasteiger partial charge is 0.0639 e. The van der Waals surface area contributed by atoms with Crippen molar-refractivity contribution in [1.82, 2.24) is 9.80 Å². The molecule has 0 amide bonds. The molecule has 78 valence electrons. The standard InChI is InChI=1S/C9H20N2O2/c1-8(13)5-11-4-3-10(2)6-9(11)7-12/h8-9,12-13H,3-7H2,1-2H3. The van der Waals surface area contributed by atoms with Crippen LogP contribution in [0.25, 0.3) is 0 Å². The Morgan fingerprint density at radius 1 is 1.46 bits per heavy atom. The number of nitrogens with zero attached hydrogens (tertiary/aromatic N) is 2. The Morgan fingerprint density at radius 3 is 2.69 bits per heavy atom. The third-order valence-electron chi connectivity index (χ3n) is 2.52. The van der Waals surface area contributed by atoms with Gasteiger partial charge in [0.15, 0.2) is 0 Å². The molecule has 13 heavy (non-hydrogen) atoms.